The van der Waals surface area contributed by atoms with Gasteiger partial charge in [-0.15, -0.1) is 11.3 Å². The van der Waals surface area contributed by atoms with Gasteiger partial charge in [0.05, 0.1) is 37.3 Å². The molecule has 140 valence electrons. The van der Waals surface area contributed by atoms with Gasteiger partial charge in [0.1, 0.15) is 4.83 Å². The Morgan fingerprint density at radius 3 is 2.59 bits per heavy atom. The fraction of sp³-hybridized carbons (Fsp3) is 0.429. The average Bonchev–Trinajstić information content (AvgIpc) is 2.91. The van der Waals surface area contributed by atoms with Crippen molar-refractivity contribution in [3.8, 4) is 5.69 Å². The van der Waals surface area contributed by atoms with Crippen molar-refractivity contribution in [2.45, 2.75) is 32.1 Å². The van der Waals surface area contributed by atoms with Gasteiger partial charge in [0.15, 0.2) is 0 Å². The third kappa shape index (κ3) is 2.97. The van der Waals surface area contributed by atoms with Crippen LogP contribution in [-0.2, 0) is 12.8 Å². The number of benzene rings is 1. The lowest BCUT2D eigenvalue weighted by atomic mass is 10.1. The number of nitrogens with two attached hydrogens (primary N) is 1. The van der Waals surface area contributed by atoms with Gasteiger partial charge in [-0.25, -0.2) is 9.55 Å². The number of thiophene rings is 1. The first kappa shape index (κ1) is 17.0. The lowest BCUT2D eigenvalue weighted by molar-refractivity contribution is -0.655. The SMILES string of the molecule is O=c1c2c3c(sc2nc(N2CC[NH2+]CC2)n1-c1ccccc1)CCCCC3. The molecule has 1 aromatic carbocycles. The normalized spacial score (nSPS) is 17.7. The van der Waals surface area contributed by atoms with E-state index in [9.17, 15) is 4.79 Å². The van der Waals surface area contributed by atoms with Gasteiger partial charge in [-0.05, 0) is 43.4 Å². The number of para-hydroxylation sites is 1. The Morgan fingerprint density at radius 1 is 1.00 bits per heavy atom. The maximum atomic E-state index is 13.7. The van der Waals surface area contributed by atoms with Crippen LogP contribution in [0.2, 0.25) is 0 Å². The molecule has 2 aliphatic rings. The number of anilines is 1. The number of nitrogens with zero attached hydrogens (tertiary/aromatic N) is 3. The second-order valence-electron chi connectivity index (χ2n) is 7.49. The van der Waals surface area contributed by atoms with Crippen molar-refractivity contribution in [1.29, 1.82) is 0 Å². The van der Waals surface area contributed by atoms with E-state index in [2.05, 4.69) is 10.2 Å². The number of aryl methyl sites for hydroxylation is 2. The number of hydrogen-bond donors (Lipinski definition) is 1. The monoisotopic (exact) mass is 381 g/mol. The van der Waals surface area contributed by atoms with E-state index in [0.29, 0.717) is 0 Å². The summed E-state index contributed by atoms with van der Waals surface area (Å²) in [7, 11) is 0. The summed E-state index contributed by atoms with van der Waals surface area (Å²) in [4.78, 5) is 23.4. The second kappa shape index (κ2) is 7.09. The molecule has 6 heteroatoms. The first-order valence-corrected chi connectivity index (χ1v) is 10.8. The van der Waals surface area contributed by atoms with E-state index in [-0.39, 0.29) is 5.56 Å². The first-order valence-electron chi connectivity index (χ1n) is 10.0. The van der Waals surface area contributed by atoms with Gasteiger partial charge < -0.3 is 10.2 Å². The van der Waals surface area contributed by atoms with Gasteiger partial charge in [-0.2, -0.15) is 0 Å². The predicted octanol–water partition coefficient (Wildman–Crippen LogP) is 2.10. The molecule has 1 aliphatic heterocycles. The molecule has 5 rings (SSSR count). The number of rotatable bonds is 2. The van der Waals surface area contributed by atoms with Crippen molar-refractivity contribution in [3.05, 3.63) is 51.1 Å². The minimum absolute atomic E-state index is 0.107. The topological polar surface area (TPSA) is 54.7 Å². The zero-order chi connectivity index (χ0) is 18.2. The van der Waals surface area contributed by atoms with Crippen LogP contribution < -0.4 is 15.8 Å². The van der Waals surface area contributed by atoms with Crippen LogP contribution in [-0.4, -0.2) is 35.7 Å². The van der Waals surface area contributed by atoms with Gasteiger partial charge in [-0.3, -0.25) is 4.79 Å². The van der Waals surface area contributed by atoms with Crippen LogP contribution in [0.5, 0.6) is 0 Å². The van der Waals surface area contributed by atoms with E-state index in [1.54, 1.807) is 11.3 Å². The quantitative estimate of drug-likeness (QED) is 0.692. The largest absolute Gasteiger partial charge is 0.343 e. The number of hydrogen-bond acceptors (Lipinski definition) is 4. The summed E-state index contributed by atoms with van der Waals surface area (Å²) in [6, 6.07) is 10.0. The fourth-order valence-electron chi connectivity index (χ4n) is 4.34. The molecule has 2 N–H and O–H groups in total. The second-order valence-corrected chi connectivity index (χ2v) is 8.57. The van der Waals surface area contributed by atoms with Gasteiger partial charge in [0, 0.05) is 4.88 Å². The van der Waals surface area contributed by atoms with E-state index in [1.165, 1.54) is 29.7 Å². The number of fused-ring (bicyclic) bond motifs is 3. The summed E-state index contributed by atoms with van der Waals surface area (Å²) in [6.45, 7) is 3.94. The summed E-state index contributed by atoms with van der Waals surface area (Å²) in [5.74, 6) is 0.809. The minimum atomic E-state index is 0.107. The van der Waals surface area contributed by atoms with Crippen molar-refractivity contribution in [1.82, 2.24) is 9.55 Å². The molecule has 1 aliphatic carbocycles. The highest BCUT2D eigenvalue weighted by atomic mass is 32.1. The van der Waals surface area contributed by atoms with Crippen LogP contribution >= 0.6 is 11.3 Å². The standard InChI is InChI=1S/C21H24N4OS/c26-20-18-16-9-5-2-6-10-17(16)27-19(18)23-21(24-13-11-22-12-14-24)25(20)15-7-3-1-4-8-15/h1,3-4,7-8,22H,2,5-6,9-14H2/p+1. The molecule has 5 nitrogen and oxygen atoms in total. The Labute approximate surface area is 162 Å². The molecule has 3 heterocycles. The molecule has 3 aromatic rings. The number of aromatic nitrogens is 2. The Hall–Kier alpha value is -2.18. The molecule has 1 saturated heterocycles. The Balaban J connectivity index is 1.78. The maximum absolute atomic E-state index is 13.7. The van der Waals surface area contributed by atoms with Crippen molar-refractivity contribution in [2.24, 2.45) is 0 Å². The van der Waals surface area contributed by atoms with E-state index in [1.807, 2.05) is 34.9 Å². The van der Waals surface area contributed by atoms with Gasteiger partial charge in [0.2, 0.25) is 5.95 Å². The van der Waals surface area contributed by atoms with E-state index >= 15 is 0 Å². The summed E-state index contributed by atoms with van der Waals surface area (Å²) >= 11 is 1.75. The fourth-order valence-corrected chi connectivity index (χ4v) is 5.59. The molecule has 0 radical (unpaired) electrons. The Morgan fingerprint density at radius 2 is 1.78 bits per heavy atom. The third-order valence-corrected chi connectivity index (χ3v) is 6.91. The molecular formula is C21H25N4OS+. The van der Waals surface area contributed by atoms with Crippen molar-refractivity contribution >= 4 is 27.5 Å². The van der Waals surface area contributed by atoms with Crippen LogP contribution in [0.25, 0.3) is 15.9 Å². The van der Waals surface area contributed by atoms with Crippen LogP contribution in [0, 0.1) is 0 Å². The highest BCUT2D eigenvalue weighted by Crippen LogP contribution is 2.34. The molecule has 0 unspecified atom stereocenters. The zero-order valence-corrected chi connectivity index (χ0v) is 16.3. The zero-order valence-electron chi connectivity index (χ0n) is 15.5. The van der Waals surface area contributed by atoms with Crippen LogP contribution in [0.15, 0.2) is 35.1 Å². The smallest absolute Gasteiger partial charge is 0.268 e. The van der Waals surface area contributed by atoms with Crippen molar-refractivity contribution in [3.63, 3.8) is 0 Å². The summed E-state index contributed by atoms with van der Waals surface area (Å²) in [6.07, 6.45) is 5.76. The molecular weight excluding hydrogens is 356 g/mol. The highest BCUT2D eigenvalue weighted by molar-refractivity contribution is 7.18. The lowest BCUT2D eigenvalue weighted by Crippen LogP contribution is -2.90. The maximum Gasteiger partial charge on any atom is 0.268 e. The van der Waals surface area contributed by atoms with Crippen molar-refractivity contribution in [2.75, 3.05) is 31.1 Å². The molecule has 27 heavy (non-hydrogen) atoms. The lowest BCUT2D eigenvalue weighted by Gasteiger charge is -2.28. The molecule has 0 atom stereocenters. The third-order valence-electron chi connectivity index (χ3n) is 5.72. The van der Waals surface area contributed by atoms with Crippen LogP contribution in [0.4, 0.5) is 5.95 Å². The molecule has 0 amide bonds. The van der Waals surface area contributed by atoms with Crippen LogP contribution in [0.3, 0.4) is 0 Å². The van der Waals surface area contributed by atoms with Gasteiger partial charge in [0.25, 0.3) is 5.56 Å². The minimum Gasteiger partial charge on any atom is -0.343 e. The van der Waals surface area contributed by atoms with E-state index in [4.69, 9.17) is 4.98 Å². The molecule has 1 fully saturated rings. The van der Waals surface area contributed by atoms with Gasteiger partial charge in [-0.1, -0.05) is 24.6 Å². The Bertz CT molecular complexity index is 1020. The van der Waals surface area contributed by atoms with Crippen molar-refractivity contribution < 1.29 is 5.32 Å². The summed E-state index contributed by atoms with van der Waals surface area (Å²) in [5, 5.41) is 3.20. The predicted molar refractivity (Wildman–Crippen MR) is 110 cm³/mol. The van der Waals surface area contributed by atoms with Gasteiger partial charge >= 0.3 is 0 Å². The number of quaternary nitrogens is 1. The molecule has 0 saturated carbocycles. The first-order chi connectivity index (χ1) is 13.3. The van der Waals surface area contributed by atoms with E-state index in [0.717, 1.165) is 60.9 Å². The summed E-state index contributed by atoms with van der Waals surface area (Å²) in [5.41, 5.74) is 2.29. The number of piperazine rings is 1. The highest BCUT2D eigenvalue weighted by Gasteiger charge is 2.25. The summed E-state index contributed by atoms with van der Waals surface area (Å²) < 4.78 is 1.85. The molecule has 0 spiro atoms. The molecule has 0 bridgehead atoms. The molecule has 2 aromatic heterocycles. The van der Waals surface area contributed by atoms with E-state index < -0.39 is 0 Å². The Kier molecular flexibility index (Phi) is 4.45. The van der Waals surface area contributed by atoms with Crippen LogP contribution in [0.1, 0.15) is 29.7 Å². The average molecular weight is 382 g/mol.